The van der Waals surface area contributed by atoms with Crippen LogP contribution < -0.4 is 0 Å². The fourth-order valence-electron chi connectivity index (χ4n) is 15.6. The van der Waals surface area contributed by atoms with E-state index in [9.17, 15) is 55.9 Å². The van der Waals surface area contributed by atoms with Crippen LogP contribution in [-0.2, 0) is 38.0 Å². The van der Waals surface area contributed by atoms with Crippen molar-refractivity contribution in [3.8, 4) is 0 Å². The lowest BCUT2D eigenvalue weighted by Crippen LogP contribution is -2.72. The maximum atomic E-state index is 13.9. The third kappa shape index (κ3) is 6.93. The van der Waals surface area contributed by atoms with Gasteiger partial charge < -0.3 is 89.0 Å². The molecule has 26 unspecified atom stereocenters. The van der Waals surface area contributed by atoms with Gasteiger partial charge in [0.1, 0.15) is 73.4 Å². The Morgan fingerprint density at radius 3 is 1.85 bits per heavy atom. The molecule has 10 N–H and O–H groups in total. The van der Waals surface area contributed by atoms with Gasteiger partial charge in [0.15, 0.2) is 18.9 Å². The summed E-state index contributed by atoms with van der Waals surface area (Å²) in [6.45, 7) is 14.1. The van der Waals surface area contributed by atoms with Crippen molar-refractivity contribution in [3.63, 3.8) is 0 Å². The molecule has 66 heavy (non-hydrogen) atoms. The van der Waals surface area contributed by atoms with Crippen LogP contribution >= 0.6 is 0 Å². The van der Waals surface area contributed by atoms with Crippen molar-refractivity contribution in [1.29, 1.82) is 0 Å². The molecule has 18 heteroatoms. The van der Waals surface area contributed by atoms with Crippen LogP contribution in [0.25, 0.3) is 0 Å². The largest absolute Gasteiger partial charge is 0.394 e. The monoisotopic (exact) mass is 941 g/mol. The Kier molecular flexibility index (Phi) is 12.7. The van der Waals surface area contributed by atoms with E-state index in [-0.39, 0.29) is 34.0 Å². The molecule has 0 aromatic rings. The fourth-order valence-corrected chi connectivity index (χ4v) is 15.6. The van der Waals surface area contributed by atoms with Gasteiger partial charge in [-0.25, -0.2) is 0 Å². The summed E-state index contributed by atoms with van der Waals surface area (Å²) in [5.41, 5.74) is -2.93. The lowest BCUT2D eigenvalue weighted by atomic mass is 9.32. The van der Waals surface area contributed by atoms with E-state index in [1.807, 2.05) is 6.92 Å². The van der Waals surface area contributed by atoms with E-state index in [0.29, 0.717) is 32.3 Å². The zero-order valence-electron chi connectivity index (χ0n) is 39.3. The van der Waals surface area contributed by atoms with E-state index < -0.39 is 139 Å². The number of ether oxygens (including phenoxy) is 7. The van der Waals surface area contributed by atoms with Crippen molar-refractivity contribution in [2.24, 2.45) is 50.2 Å². The molecule has 0 radical (unpaired) electrons. The molecule has 18 nitrogen and oxygen atoms in total. The van der Waals surface area contributed by atoms with E-state index in [4.69, 9.17) is 33.2 Å². The summed E-state index contributed by atoms with van der Waals surface area (Å²) in [4.78, 5) is 13.9. The Labute approximate surface area is 386 Å². The highest BCUT2D eigenvalue weighted by Gasteiger charge is 2.79. The van der Waals surface area contributed by atoms with E-state index in [0.717, 1.165) is 32.0 Å². The van der Waals surface area contributed by atoms with E-state index in [2.05, 4.69) is 46.8 Å². The summed E-state index contributed by atoms with van der Waals surface area (Å²) >= 11 is 0. The highest BCUT2D eigenvalue weighted by molar-refractivity contribution is 5.61. The van der Waals surface area contributed by atoms with Gasteiger partial charge in [-0.2, -0.15) is 0 Å². The molecule has 376 valence electrons. The van der Waals surface area contributed by atoms with Crippen LogP contribution in [0, 0.1) is 50.2 Å². The number of rotatable bonds is 9. The number of aliphatic hydroxyl groups is 10. The van der Waals surface area contributed by atoms with Crippen LogP contribution in [-0.4, -0.2) is 187 Å². The molecule has 0 amide bonds. The number of aliphatic hydroxyl groups excluding tert-OH is 10. The van der Waals surface area contributed by atoms with Gasteiger partial charge in [0.25, 0.3) is 0 Å². The number of hydrogen-bond acceptors (Lipinski definition) is 18. The third-order valence-electron chi connectivity index (χ3n) is 19.9. The minimum absolute atomic E-state index is 0.0137. The Balaban J connectivity index is 1.03. The molecule has 5 aliphatic carbocycles. The molecule has 4 saturated heterocycles. The second-order valence-electron chi connectivity index (χ2n) is 23.6. The second kappa shape index (κ2) is 16.9. The predicted molar refractivity (Wildman–Crippen MR) is 228 cm³/mol. The lowest BCUT2D eigenvalue weighted by Gasteiger charge is -2.73. The highest BCUT2D eigenvalue weighted by Crippen LogP contribution is 2.79. The van der Waals surface area contributed by atoms with Gasteiger partial charge in [0.05, 0.1) is 49.1 Å². The minimum atomic E-state index is -1.90. The topological polar surface area (TPSA) is 284 Å². The average molecular weight is 941 g/mol. The van der Waals surface area contributed by atoms with Crippen LogP contribution in [0.15, 0.2) is 12.2 Å². The van der Waals surface area contributed by atoms with Crippen LogP contribution in [0.1, 0.15) is 99.8 Å². The number of aldehydes is 1. The maximum absolute atomic E-state index is 13.9. The Bertz CT molecular complexity index is 1830. The van der Waals surface area contributed by atoms with Crippen LogP contribution in [0.5, 0.6) is 0 Å². The number of carbonyl (C=O) groups excluding carboxylic acids is 1. The third-order valence-corrected chi connectivity index (χ3v) is 19.9. The van der Waals surface area contributed by atoms with Crippen molar-refractivity contribution in [2.75, 3.05) is 19.8 Å². The maximum Gasteiger partial charge on any atom is 0.187 e. The SMILES string of the molecule is CC1OC(OC2CCC3(C)C(CCC4(C)C3C=CC35OCC6(CCC(C)(C)CC63)C(O)CC45C)C2(C)C=O)C(OC2OC(CO)C(O)C(O)C2O)C(OC2OC(CO)C(O)C(O)C2O)C1O. The summed E-state index contributed by atoms with van der Waals surface area (Å²) in [5.74, 6) is -0.0146. The minimum Gasteiger partial charge on any atom is -0.394 e. The molecular weight excluding hydrogens is 865 g/mol. The predicted octanol–water partition coefficient (Wildman–Crippen LogP) is -0.192. The van der Waals surface area contributed by atoms with Crippen molar-refractivity contribution in [1.82, 2.24) is 0 Å². The molecule has 26 atom stereocenters. The average Bonchev–Trinajstić information content (AvgIpc) is 3.55. The van der Waals surface area contributed by atoms with Crippen molar-refractivity contribution < 1.29 is 89.0 Å². The first-order valence-corrected chi connectivity index (χ1v) is 24.3. The normalized spacial score (nSPS) is 58.7. The van der Waals surface area contributed by atoms with E-state index in [1.165, 1.54) is 6.92 Å². The number of allylic oxidation sites excluding steroid dienone is 1. The van der Waals surface area contributed by atoms with E-state index >= 15 is 0 Å². The highest BCUT2D eigenvalue weighted by atomic mass is 16.8. The quantitative estimate of drug-likeness (QED) is 0.0815. The van der Waals surface area contributed by atoms with Gasteiger partial charge in [0, 0.05) is 16.7 Å². The molecule has 1 spiro atoms. The van der Waals surface area contributed by atoms with Gasteiger partial charge in [-0.3, -0.25) is 0 Å². The standard InChI is InChI=1S/C48H76O18/c1-22-30(53)37(65-39-35(58)33(56)31(54)23(18-49)62-39)38(66-40-36(59)34(57)32(55)24(19-50)63-40)41(61-22)64-29-10-11-43(4)25(44(29,5)20-51)8-12-45(6)26(43)9-13-48-27-16-42(2,3)14-15-47(27,21-60-48)28(52)17-46(45,48)7/h9,13,20,22-41,49-50,52-59H,8,10-12,14-19,21H2,1-7H3. The molecule has 4 saturated carbocycles. The van der Waals surface area contributed by atoms with Crippen molar-refractivity contribution in [2.45, 2.75) is 210 Å². The Hall–Kier alpha value is -1.27. The second-order valence-corrected chi connectivity index (χ2v) is 23.6. The zero-order valence-corrected chi connectivity index (χ0v) is 39.3. The molecule has 2 bridgehead atoms. The molecule has 8 fully saturated rings. The summed E-state index contributed by atoms with van der Waals surface area (Å²) in [6.07, 6.45) is -14.1. The summed E-state index contributed by atoms with van der Waals surface area (Å²) in [6, 6.07) is 0. The van der Waals surface area contributed by atoms with Crippen LogP contribution in [0.2, 0.25) is 0 Å². The molecule has 9 rings (SSSR count). The molecule has 0 aromatic carbocycles. The molecule has 0 aromatic heterocycles. The van der Waals surface area contributed by atoms with Gasteiger partial charge in [-0.15, -0.1) is 0 Å². The Morgan fingerprint density at radius 2 is 1.26 bits per heavy atom. The summed E-state index contributed by atoms with van der Waals surface area (Å²) in [7, 11) is 0. The van der Waals surface area contributed by atoms with Gasteiger partial charge >= 0.3 is 0 Å². The van der Waals surface area contributed by atoms with Crippen molar-refractivity contribution in [3.05, 3.63) is 12.2 Å². The van der Waals surface area contributed by atoms with Crippen LogP contribution in [0.3, 0.4) is 0 Å². The zero-order chi connectivity index (χ0) is 47.9. The summed E-state index contributed by atoms with van der Waals surface area (Å²) < 4.78 is 44.2. The molecule has 4 aliphatic heterocycles. The van der Waals surface area contributed by atoms with Crippen LogP contribution in [0.4, 0.5) is 0 Å². The first kappa shape index (κ1) is 49.7. The first-order valence-electron chi connectivity index (χ1n) is 24.3. The fraction of sp³-hybridized carbons (Fsp3) is 0.938. The van der Waals surface area contributed by atoms with Crippen molar-refractivity contribution >= 4 is 6.29 Å². The number of carbonyl (C=O) groups is 1. The molecule has 4 heterocycles. The summed E-state index contributed by atoms with van der Waals surface area (Å²) in [5, 5.41) is 108. The smallest absolute Gasteiger partial charge is 0.187 e. The number of hydrogen-bond donors (Lipinski definition) is 10. The molecular formula is C48H76O18. The van der Waals surface area contributed by atoms with Gasteiger partial charge in [-0.1, -0.05) is 53.7 Å². The lowest BCUT2D eigenvalue weighted by molar-refractivity contribution is -0.396. The molecule has 9 aliphatic rings. The van der Waals surface area contributed by atoms with Gasteiger partial charge in [0.2, 0.25) is 0 Å². The first-order chi connectivity index (χ1) is 30.9. The van der Waals surface area contributed by atoms with E-state index in [1.54, 1.807) is 0 Å². The van der Waals surface area contributed by atoms with Gasteiger partial charge in [-0.05, 0) is 86.4 Å². The number of fused-ring (bicyclic) bond motifs is 4. The Morgan fingerprint density at radius 1 is 0.652 bits per heavy atom.